The summed E-state index contributed by atoms with van der Waals surface area (Å²) in [7, 11) is 0. The second kappa shape index (κ2) is 4.18. The number of ether oxygens (including phenoxy) is 1. The van der Waals surface area contributed by atoms with E-state index in [4.69, 9.17) is 4.74 Å². The summed E-state index contributed by atoms with van der Waals surface area (Å²) >= 11 is 0. The van der Waals surface area contributed by atoms with Gasteiger partial charge in [-0.25, -0.2) is 0 Å². The number of benzene rings is 1. The fraction of sp³-hybridized carbons (Fsp3) is 0.579. The van der Waals surface area contributed by atoms with Gasteiger partial charge in [0.15, 0.2) is 6.29 Å². The molecule has 4 unspecified atom stereocenters. The molecule has 0 saturated carbocycles. The second-order valence-electron chi connectivity index (χ2n) is 7.90. The Morgan fingerprint density at radius 2 is 2.13 bits per heavy atom. The van der Waals surface area contributed by atoms with Gasteiger partial charge in [-0.1, -0.05) is 18.2 Å². The van der Waals surface area contributed by atoms with Gasteiger partial charge in [-0.3, -0.25) is 4.90 Å². The number of hydrogen-bond donors (Lipinski definition) is 2. The van der Waals surface area contributed by atoms with Gasteiger partial charge in [0.1, 0.15) is 0 Å². The molecule has 7 rings (SSSR count). The van der Waals surface area contributed by atoms with Crippen LogP contribution >= 0.6 is 0 Å². The van der Waals surface area contributed by atoms with Gasteiger partial charge in [0.25, 0.3) is 0 Å². The first kappa shape index (κ1) is 13.0. The molecule has 4 fully saturated rings. The monoisotopic (exact) mass is 310 g/mol. The molecule has 5 aliphatic rings. The number of hydrogen-bond acceptors (Lipinski definition) is 3. The quantitative estimate of drug-likeness (QED) is 0.786. The Kier molecular flexibility index (Phi) is 2.36. The zero-order chi connectivity index (χ0) is 15.3. The van der Waals surface area contributed by atoms with Gasteiger partial charge in [0, 0.05) is 40.5 Å². The first-order chi connectivity index (χ1) is 11.2. The SMILES string of the molecule is C[C@H]1[C@H]2COC(O)C3C2C[C@H]2c4[nH]c5ccccc5c4C[C@@H]3N21. The average Bonchev–Trinajstić information content (AvgIpc) is 2.93. The number of aromatic amines is 1. The van der Waals surface area contributed by atoms with Crippen molar-refractivity contribution < 1.29 is 9.84 Å². The van der Waals surface area contributed by atoms with Crippen LogP contribution in [-0.2, 0) is 11.2 Å². The number of H-pyrrole nitrogens is 1. The molecular weight excluding hydrogens is 288 g/mol. The second-order valence-corrected chi connectivity index (χ2v) is 7.90. The van der Waals surface area contributed by atoms with Crippen molar-refractivity contribution in [1.82, 2.24) is 9.88 Å². The lowest BCUT2D eigenvalue weighted by molar-refractivity contribution is -0.280. The summed E-state index contributed by atoms with van der Waals surface area (Å²) in [6.07, 6.45) is 1.62. The molecule has 1 aromatic carbocycles. The van der Waals surface area contributed by atoms with Crippen LogP contribution in [0.2, 0.25) is 0 Å². The van der Waals surface area contributed by atoms with E-state index in [2.05, 4.69) is 41.1 Å². The average molecular weight is 310 g/mol. The van der Waals surface area contributed by atoms with Crippen molar-refractivity contribution in [3.05, 3.63) is 35.5 Å². The lowest BCUT2D eigenvalue weighted by Crippen LogP contribution is -2.71. The molecule has 4 heteroatoms. The molecule has 23 heavy (non-hydrogen) atoms. The van der Waals surface area contributed by atoms with Gasteiger partial charge in [0.05, 0.1) is 12.6 Å². The van der Waals surface area contributed by atoms with Crippen molar-refractivity contribution >= 4 is 10.9 Å². The summed E-state index contributed by atoms with van der Waals surface area (Å²) in [6, 6.07) is 10.1. The molecule has 0 aliphatic carbocycles. The highest BCUT2D eigenvalue weighted by atomic mass is 16.6. The zero-order valence-corrected chi connectivity index (χ0v) is 13.3. The topological polar surface area (TPSA) is 48.5 Å². The number of piperidine rings is 3. The Labute approximate surface area is 135 Å². The molecule has 0 spiro atoms. The standard InChI is InChI=1S/C19H22N2O2/c1-9-13-8-23-19(22)17-11(13)6-16-18-12(7-15(17)21(9)16)10-4-2-3-5-14(10)20-18/h2-5,9,11,13,15-17,19-20,22H,6-8H2,1H3/t9-,11?,13+,15-,16-,17?,19?/m0/s1. The van der Waals surface area contributed by atoms with Gasteiger partial charge in [-0.05, 0) is 37.3 Å². The molecule has 4 nitrogen and oxygen atoms in total. The van der Waals surface area contributed by atoms with Crippen LogP contribution in [0, 0.1) is 17.8 Å². The molecule has 120 valence electrons. The van der Waals surface area contributed by atoms with E-state index in [1.54, 1.807) is 0 Å². The van der Waals surface area contributed by atoms with E-state index >= 15 is 0 Å². The molecule has 0 amide bonds. The molecule has 6 bridgehead atoms. The van der Waals surface area contributed by atoms with E-state index in [-0.39, 0.29) is 5.92 Å². The number of rotatable bonds is 0. The third kappa shape index (κ3) is 1.44. The van der Waals surface area contributed by atoms with Crippen LogP contribution in [0.1, 0.15) is 30.6 Å². The Balaban J connectivity index is 1.56. The lowest BCUT2D eigenvalue weighted by atomic mass is 9.58. The van der Waals surface area contributed by atoms with E-state index in [0.29, 0.717) is 30.0 Å². The minimum absolute atomic E-state index is 0.281. The normalized spacial score (nSPS) is 46.9. The van der Waals surface area contributed by atoms with Crippen LogP contribution in [0.15, 0.2) is 24.3 Å². The minimum Gasteiger partial charge on any atom is -0.368 e. The Morgan fingerprint density at radius 1 is 1.26 bits per heavy atom. The Bertz CT molecular complexity index is 800. The number of nitrogens with zero attached hydrogens (tertiary/aromatic N) is 1. The van der Waals surface area contributed by atoms with Crippen molar-refractivity contribution in [3.8, 4) is 0 Å². The van der Waals surface area contributed by atoms with E-state index in [1.807, 2.05) is 0 Å². The third-order valence-electron chi connectivity index (χ3n) is 7.20. The summed E-state index contributed by atoms with van der Waals surface area (Å²) in [4.78, 5) is 6.43. The predicted octanol–water partition coefficient (Wildman–Crippen LogP) is 2.44. The predicted molar refractivity (Wildman–Crippen MR) is 86.9 cm³/mol. The molecule has 2 N–H and O–H groups in total. The van der Waals surface area contributed by atoms with Crippen LogP contribution in [0.4, 0.5) is 0 Å². The summed E-state index contributed by atoms with van der Waals surface area (Å²) in [5.74, 6) is 1.47. The number of nitrogens with one attached hydrogen (secondary N) is 1. The largest absolute Gasteiger partial charge is 0.368 e. The molecule has 0 radical (unpaired) electrons. The van der Waals surface area contributed by atoms with E-state index in [9.17, 15) is 5.11 Å². The highest BCUT2D eigenvalue weighted by Crippen LogP contribution is 2.58. The Hall–Kier alpha value is -1.36. The lowest BCUT2D eigenvalue weighted by Gasteiger charge is -2.65. The molecule has 8 atom stereocenters. The van der Waals surface area contributed by atoms with Crippen LogP contribution in [0.3, 0.4) is 0 Å². The van der Waals surface area contributed by atoms with E-state index < -0.39 is 6.29 Å². The third-order valence-corrected chi connectivity index (χ3v) is 7.20. The zero-order valence-electron chi connectivity index (χ0n) is 13.3. The minimum atomic E-state index is -0.580. The molecule has 5 aliphatic heterocycles. The maximum absolute atomic E-state index is 10.5. The number of aromatic nitrogens is 1. The van der Waals surface area contributed by atoms with Crippen LogP contribution < -0.4 is 0 Å². The van der Waals surface area contributed by atoms with Crippen LogP contribution in [-0.4, -0.2) is 40.0 Å². The van der Waals surface area contributed by atoms with Crippen molar-refractivity contribution in [2.45, 2.75) is 44.2 Å². The molecule has 6 heterocycles. The van der Waals surface area contributed by atoms with E-state index in [0.717, 1.165) is 19.4 Å². The summed E-state index contributed by atoms with van der Waals surface area (Å²) < 4.78 is 5.74. The van der Waals surface area contributed by atoms with Gasteiger partial charge in [-0.2, -0.15) is 0 Å². The highest BCUT2D eigenvalue weighted by molar-refractivity contribution is 5.85. The first-order valence-electron chi connectivity index (χ1n) is 8.90. The number of aliphatic hydroxyl groups is 1. The fourth-order valence-electron chi connectivity index (χ4n) is 6.30. The smallest absolute Gasteiger partial charge is 0.159 e. The van der Waals surface area contributed by atoms with Gasteiger partial charge < -0.3 is 14.8 Å². The number of aliphatic hydroxyl groups excluding tert-OH is 1. The van der Waals surface area contributed by atoms with Crippen molar-refractivity contribution in [1.29, 1.82) is 0 Å². The number of para-hydroxylation sites is 1. The summed E-state index contributed by atoms with van der Waals surface area (Å²) in [5.41, 5.74) is 4.18. The fourth-order valence-corrected chi connectivity index (χ4v) is 6.30. The summed E-state index contributed by atoms with van der Waals surface area (Å²) in [5, 5.41) is 11.9. The van der Waals surface area contributed by atoms with Gasteiger partial charge in [-0.15, -0.1) is 0 Å². The first-order valence-corrected chi connectivity index (χ1v) is 8.90. The maximum Gasteiger partial charge on any atom is 0.159 e. The highest BCUT2D eigenvalue weighted by Gasteiger charge is 2.61. The van der Waals surface area contributed by atoms with Crippen molar-refractivity contribution in [2.24, 2.45) is 17.8 Å². The van der Waals surface area contributed by atoms with Crippen LogP contribution in [0.25, 0.3) is 10.9 Å². The molecular formula is C19H22N2O2. The van der Waals surface area contributed by atoms with Crippen molar-refractivity contribution in [2.75, 3.05) is 6.61 Å². The van der Waals surface area contributed by atoms with Crippen LogP contribution in [0.5, 0.6) is 0 Å². The Morgan fingerprint density at radius 3 is 3.04 bits per heavy atom. The van der Waals surface area contributed by atoms with Crippen molar-refractivity contribution in [3.63, 3.8) is 0 Å². The molecule has 1 aromatic heterocycles. The molecule has 4 saturated heterocycles. The number of fused-ring (bicyclic) bond motifs is 3. The maximum atomic E-state index is 10.5. The van der Waals surface area contributed by atoms with Gasteiger partial charge >= 0.3 is 0 Å². The van der Waals surface area contributed by atoms with Gasteiger partial charge in [0.2, 0.25) is 0 Å². The van der Waals surface area contributed by atoms with E-state index in [1.165, 1.54) is 22.2 Å². The molecule has 2 aromatic rings. The summed E-state index contributed by atoms with van der Waals surface area (Å²) in [6.45, 7) is 3.08.